The van der Waals surface area contributed by atoms with E-state index in [4.69, 9.17) is 15.2 Å². The van der Waals surface area contributed by atoms with Crippen LogP contribution in [0.15, 0.2) is 42.5 Å². The summed E-state index contributed by atoms with van der Waals surface area (Å²) < 4.78 is 10.2. The molecule has 2 aromatic carbocycles. The van der Waals surface area contributed by atoms with Crippen LogP contribution in [0.4, 0.5) is 11.4 Å². The van der Waals surface area contributed by atoms with Crippen LogP contribution >= 0.6 is 0 Å². The molecule has 0 aliphatic rings. The van der Waals surface area contributed by atoms with Crippen LogP contribution < -0.4 is 15.8 Å². The van der Waals surface area contributed by atoms with Crippen LogP contribution in [0.5, 0.6) is 5.75 Å². The Bertz CT molecular complexity index is 553. The third-order valence-corrected chi connectivity index (χ3v) is 3.09. The van der Waals surface area contributed by atoms with Crippen molar-refractivity contribution in [2.45, 2.75) is 0 Å². The number of rotatable bonds is 6. The fourth-order valence-corrected chi connectivity index (χ4v) is 1.98. The molecule has 4 nitrogen and oxygen atoms in total. The monoisotopic (exact) mass is 272 g/mol. The Balaban J connectivity index is 2.22. The summed E-state index contributed by atoms with van der Waals surface area (Å²) in [5, 5.41) is 3.30. The molecule has 0 bridgehead atoms. The highest BCUT2D eigenvalue weighted by atomic mass is 16.5. The minimum Gasteiger partial charge on any atom is -0.497 e. The van der Waals surface area contributed by atoms with Gasteiger partial charge in [-0.3, -0.25) is 0 Å². The summed E-state index contributed by atoms with van der Waals surface area (Å²) in [4.78, 5) is 0. The third-order valence-electron chi connectivity index (χ3n) is 3.09. The molecule has 0 aliphatic carbocycles. The molecule has 20 heavy (non-hydrogen) atoms. The molecule has 0 aliphatic heterocycles. The second kappa shape index (κ2) is 6.82. The molecule has 0 saturated carbocycles. The average molecular weight is 272 g/mol. The lowest BCUT2D eigenvalue weighted by Gasteiger charge is -2.11. The van der Waals surface area contributed by atoms with Crippen LogP contribution in [-0.4, -0.2) is 27.4 Å². The first-order chi connectivity index (χ1) is 9.74. The van der Waals surface area contributed by atoms with E-state index in [9.17, 15) is 0 Å². The Labute approximate surface area is 119 Å². The van der Waals surface area contributed by atoms with Crippen molar-refractivity contribution in [2.24, 2.45) is 0 Å². The largest absolute Gasteiger partial charge is 0.497 e. The van der Waals surface area contributed by atoms with Crippen molar-refractivity contribution in [3.8, 4) is 16.9 Å². The molecule has 2 aromatic rings. The van der Waals surface area contributed by atoms with Crippen molar-refractivity contribution < 1.29 is 9.47 Å². The van der Waals surface area contributed by atoms with Gasteiger partial charge in [-0.05, 0) is 35.9 Å². The maximum atomic E-state index is 6.06. The van der Waals surface area contributed by atoms with E-state index in [0.29, 0.717) is 6.61 Å². The molecule has 0 spiro atoms. The zero-order chi connectivity index (χ0) is 14.4. The van der Waals surface area contributed by atoms with Gasteiger partial charge in [0.1, 0.15) is 5.75 Å². The topological polar surface area (TPSA) is 56.5 Å². The van der Waals surface area contributed by atoms with Crippen molar-refractivity contribution >= 4 is 11.4 Å². The van der Waals surface area contributed by atoms with E-state index in [1.54, 1.807) is 14.2 Å². The van der Waals surface area contributed by atoms with Crippen molar-refractivity contribution in [2.75, 3.05) is 38.4 Å². The molecular weight excluding hydrogens is 252 g/mol. The lowest BCUT2D eigenvalue weighted by molar-refractivity contribution is 0.211. The number of nitrogen functional groups attached to an aromatic ring is 1. The lowest BCUT2D eigenvalue weighted by Crippen LogP contribution is -2.07. The maximum absolute atomic E-state index is 6.06. The molecule has 0 radical (unpaired) electrons. The van der Waals surface area contributed by atoms with Crippen molar-refractivity contribution in [1.29, 1.82) is 0 Å². The van der Waals surface area contributed by atoms with Crippen LogP contribution in [0.25, 0.3) is 11.1 Å². The highest BCUT2D eigenvalue weighted by molar-refractivity contribution is 5.79. The molecule has 0 amide bonds. The first-order valence-corrected chi connectivity index (χ1v) is 6.51. The molecule has 0 aromatic heterocycles. The van der Waals surface area contributed by atoms with Gasteiger partial charge in [0.05, 0.1) is 13.7 Å². The van der Waals surface area contributed by atoms with E-state index in [0.717, 1.165) is 34.8 Å². The van der Waals surface area contributed by atoms with E-state index in [1.807, 2.05) is 42.5 Å². The number of ether oxygens (including phenoxy) is 2. The molecular formula is C16H20N2O2. The SMILES string of the molecule is COCCNc1ccc(N)c(-c2ccc(OC)cc2)c1. The summed E-state index contributed by atoms with van der Waals surface area (Å²) in [6.07, 6.45) is 0. The summed E-state index contributed by atoms with van der Waals surface area (Å²) in [5.74, 6) is 0.835. The van der Waals surface area contributed by atoms with Crippen LogP contribution in [0.2, 0.25) is 0 Å². The van der Waals surface area contributed by atoms with Crippen LogP contribution in [-0.2, 0) is 4.74 Å². The van der Waals surface area contributed by atoms with E-state index in [2.05, 4.69) is 5.32 Å². The van der Waals surface area contributed by atoms with Gasteiger partial charge in [-0.15, -0.1) is 0 Å². The van der Waals surface area contributed by atoms with Gasteiger partial charge in [-0.1, -0.05) is 12.1 Å². The predicted molar refractivity (Wildman–Crippen MR) is 83.2 cm³/mol. The zero-order valence-electron chi connectivity index (χ0n) is 11.8. The summed E-state index contributed by atoms with van der Waals surface area (Å²) in [5.41, 5.74) is 9.93. The molecule has 4 heteroatoms. The number of anilines is 2. The van der Waals surface area contributed by atoms with E-state index < -0.39 is 0 Å². The number of hydrogen-bond donors (Lipinski definition) is 2. The number of methoxy groups -OCH3 is 2. The fraction of sp³-hybridized carbons (Fsp3) is 0.250. The van der Waals surface area contributed by atoms with Crippen molar-refractivity contribution in [3.63, 3.8) is 0 Å². The number of hydrogen-bond acceptors (Lipinski definition) is 4. The molecule has 3 N–H and O–H groups in total. The standard InChI is InChI=1S/C16H20N2O2/c1-19-10-9-18-13-5-8-16(17)15(11-13)12-3-6-14(20-2)7-4-12/h3-8,11,18H,9-10,17H2,1-2H3. The molecule has 0 atom stereocenters. The molecule has 0 fully saturated rings. The maximum Gasteiger partial charge on any atom is 0.118 e. The van der Waals surface area contributed by atoms with Crippen molar-refractivity contribution in [1.82, 2.24) is 0 Å². The van der Waals surface area contributed by atoms with Gasteiger partial charge in [0, 0.05) is 30.6 Å². The van der Waals surface area contributed by atoms with Gasteiger partial charge in [0.15, 0.2) is 0 Å². The second-order valence-corrected chi connectivity index (χ2v) is 4.45. The minimum atomic E-state index is 0.669. The first-order valence-electron chi connectivity index (χ1n) is 6.51. The van der Waals surface area contributed by atoms with E-state index >= 15 is 0 Å². The highest BCUT2D eigenvalue weighted by Crippen LogP contribution is 2.30. The van der Waals surface area contributed by atoms with Crippen LogP contribution in [0.1, 0.15) is 0 Å². The molecule has 0 saturated heterocycles. The summed E-state index contributed by atoms with van der Waals surface area (Å²) in [7, 11) is 3.34. The predicted octanol–water partition coefficient (Wildman–Crippen LogP) is 3.00. The van der Waals surface area contributed by atoms with Crippen LogP contribution in [0, 0.1) is 0 Å². The van der Waals surface area contributed by atoms with Gasteiger partial charge in [0.25, 0.3) is 0 Å². The Morgan fingerprint density at radius 2 is 1.80 bits per heavy atom. The lowest BCUT2D eigenvalue weighted by atomic mass is 10.0. The molecule has 0 unspecified atom stereocenters. The van der Waals surface area contributed by atoms with Gasteiger partial charge < -0.3 is 20.5 Å². The highest BCUT2D eigenvalue weighted by Gasteiger charge is 2.04. The Morgan fingerprint density at radius 1 is 1.05 bits per heavy atom. The van der Waals surface area contributed by atoms with Gasteiger partial charge in [-0.2, -0.15) is 0 Å². The summed E-state index contributed by atoms with van der Waals surface area (Å²) in [6.45, 7) is 1.44. The summed E-state index contributed by atoms with van der Waals surface area (Å²) >= 11 is 0. The Hall–Kier alpha value is -2.20. The van der Waals surface area contributed by atoms with Crippen molar-refractivity contribution in [3.05, 3.63) is 42.5 Å². The minimum absolute atomic E-state index is 0.669. The Kier molecular flexibility index (Phi) is 4.85. The van der Waals surface area contributed by atoms with Gasteiger partial charge in [0.2, 0.25) is 0 Å². The van der Waals surface area contributed by atoms with Gasteiger partial charge in [-0.25, -0.2) is 0 Å². The normalized spacial score (nSPS) is 10.3. The number of nitrogens with two attached hydrogens (primary N) is 1. The second-order valence-electron chi connectivity index (χ2n) is 4.45. The third kappa shape index (κ3) is 3.42. The average Bonchev–Trinajstić information content (AvgIpc) is 2.49. The quantitative estimate of drug-likeness (QED) is 0.627. The molecule has 0 heterocycles. The number of benzene rings is 2. The van der Waals surface area contributed by atoms with Crippen LogP contribution in [0.3, 0.4) is 0 Å². The molecule has 106 valence electrons. The first kappa shape index (κ1) is 14.2. The Morgan fingerprint density at radius 3 is 2.45 bits per heavy atom. The molecule has 2 rings (SSSR count). The number of nitrogens with one attached hydrogen (secondary N) is 1. The van der Waals surface area contributed by atoms with E-state index in [1.165, 1.54) is 0 Å². The zero-order valence-corrected chi connectivity index (χ0v) is 11.8. The fourth-order valence-electron chi connectivity index (χ4n) is 1.98. The van der Waals surface area contributed by atoms with E-state index in [-0.39, 0.29) is 0 Å². The summed E-state index contributed by atoms with van der Waals surface area (Å²) in [6, 6.07) is 13.8. The van der Waals surface area contributed by atoms with Gasteiger partial charge >= 0.3 is 0 Å². The smallest absolute Gasteiger partial charge is 0.118 e.